The van der Waals surface area contributed by atoms with Crippen molar-refractivity contribution in [3.8, 4) is 11.1 Å². The predicted octanol–water partition coefficient (Wildman–Crippen LogP) is 4.04. The third-order valence-electron chi connectivity index (χ3n) is 7.29. The van der Waals surface area contributed by atoms with Crippen LogP contribution < -0.4 is 10.6 Å². The van der Waals surface area contributed by atoms with Crippen LogP contribution in [0, 0.1) is 0 Å². The maximum absolute atomic E-state index is 13.1. The SMILES string of the molecule is C=CCN1C[C@@](Cc2ccccc2)(NC(=O)[C@H](C)NC(=O)OCC2c3ccccc3-c3ccccc32)C1=O. The number of likely N-dealkylation sites (tertiary alicyclic amines) is 1. The number of hydrogen-bond acceptors (Lipinski definition) is 4. The van der Waals surface area contributed by atoms with Gasteiger partial charge >= 0.3 is 6.09 Å². The highest BCUT2D eigenvalue weighted by Gasteiger charge is 2.53. The average molecular weight is 510 g/mol. The molecule has 0 saturated carbocycles. The monoisotopic (exact) mass is 509 g/mol. The van der Waals surface area contributed by atoms with Crippen LogP contribution in [0.15, 0.2) is 91.5 Å². The first-order valence-corrected chi connectivity index (χ1v) is 12.8. The summed E-state index contributed by atoms with van der Waals surface area (Å²) in [4.78, 5) is 40.5. The molecule has 3 aromatic rings. The van der Waals surface area contributed by atoms with Crippen LogP contribution in [-0.4, -0.2) is 54.1 Å². The zero-order valence-electron chi connectivity index (χ0n) is 21.4. The van der Waals surface area contributed by atoms with Crippen molar-refractivity contribution in [1.29, 1.82) is 0 Å². The number of nitrogens with one attached hydrogen (secondary N) is 2. The molecule has 3 amide bonds. The molecule has 7 nitrogen and oxygen atoms in total. The zero-order chi connectivity index (χ0) is 26.7. The molecule has 0 radical (unpaired) electrons. The van der Waals surface area contributed by atoms with Crippen molar-refractivity contribution >= 4 is 17.9 Å². The second-order valence-corrected chi connectivity index (χ2v) is 9.90. The quantitative estimate of drug-likeness (QED) is 0.337. The molecule has 0 spiro atoms. The topological polar surface area (TPSA) is 87.7 Å². The van der Waals surface area contributed by atoms with Crippen LogP contribution in [0.5, 0.6) is 0 Å². The molecule has 2 N–H and O–H groups in total. The van der Waals surface area contributed by atoms with E-state index in [0.29, 0.717) is 19.5 Å². The summed E-state index contributed by atoms with van der Waals surface area (Å²) >= 11 is 0. The number of rotatable bonds is 9. The van der Waals surface area contributed by atoms with Gasteiger partial charge in [0.2, 0.25) is 5.91 Å². The smallest absolute Gasteiger partial charge is 0.407 e. The molecule has 3 aromatic carbocycles. The maximum atomic E-state index is 13.1. The van der Waals surface area contributed by atoms with Crippen molar-refractivity contribution in [3.05, 3.63) is 108 Å². The fourth-order valence-corrected chi connectivity index (χ4v) is 5.42. The lowest BCUT2D eigenvalue weighted by Crippen LogP contribution is -2.76. The average Bonchev–Trinajstić information content (AvgIpc) is 3.25. The minimum Gasteiger partial charge on any atom is -0.449 e. The van der Waals surface area contributed by atoms with Crippen molar-refractivity contribution in [2.24, 2.45) is 0 Å². The Balaban J connectivity index is 1.21. The predicted molar refractivity (Wildman–Crippen MR) is 145 cm³/mol. The Morgan fingerprint density at radius 1 is 1.03 bits per heavy atom. The van der Waals surface area contributed by atoms with E-state index in [2.05, 4.69) is 41.5 Å². The molecule has 0 bridgehead atoms. The molecule has 1 aliphatic carbocycles. The van der Waals surface area contributed by atoms with Gasteiger partial charge in [-0.15, -0.1) is 6.58 Å². The van der Waals surface area contributed by atoms with Gasteiger partial charge in [-0.05, 0) is 34.7 Å². The molecule has 1 fully saturated rings. The molecule has 194 valence electrons. The van der Waals surface area contributed by atoms with E-state index in [9.17, 15) is 14.4 Å². The van der Waals surface area contributed by atoms with Crippen LogP contribution >= 0.6 is 0 Å². The van der Waals surface area contributed by atoms with Crippen molar-refractivity contribution in [1.82, 2.24) is 15.5 Å². The minimum absolute atomic E-state index is 0.0742. The van der Waals surface area contributed by atoms with Crippen LogP contribution in [0.3, 0.4) is 0 Å². The summed E-state index contributed by atoms with van der Waals surface area (Å²) in [6.45, 7) is 6.22. The van der Waals surface area contributed by atoms with E-state index in [1.807, 2.05) is 54.6 Å². The highest BCUT2D eigenvalue weighted by Crippen LogP contribution is 2.44. The van der Waals surface area contributed by atoms with Gasteiger partial charge in [0.05, 0.1) is 6.54 Å². The maximum Gasteiger partial charge on any atom is 0.407 e. The van der Waals surface area contributed by atoms with E-state index >= 15 is 0 Å². The highest BCUT2D eigenvalue weighted by molar-refractivity contribution is 5.98. The van der Waals surface area contributed by atoms with Crippen molar-refractivity contribution in [3.63, 3.8) is 0 Å². The van der Waals surface area contributed by atoms with Gasteiger partial charge in [-0.25, -0.2) is 4.79 Å². The largest absolute Gasteiger partial charge is 0.449 e. The standard InChI is InChI=1S/C31H31N3O4/c1-3-17-34-20-31(29(34)36,18-22-11-5-4-6-12-22)33-28(35)21(2)32-30(37)38-19-27-25-15-9-7-13-23(25)24-14-8-10-16-26(24)27/h3-16,21,27H,1,17-20H2,2H3,(H,32,37)(H,33,35)/t21-,31+/m0/s1. The number of alkyl carbamates (subject to hydrolysis) is 1. The lowest BCUT2D eigenvalue weighted by molar-refractivity contribution is -0.155. The molecule has 0 aromatic heterocycles. The Hall–Kier alpha value is -4.39. The van der Waals surface area contributed by atoms with E-state index in [1.54, 1.807) is 17.9 Å². The third kappa shape index (κ3) is 4.79. The molecule has 7 heteroatoms. The molecule has 2 aliphatic rings. The van der Waals surface area contributed by atoms with Crippen molar-refractivity contribution < 1.29 is 19.1 Å². The Labute approximate surface area is 222 Å². The van der Waals surface area contributed by atoms with Gasteiger partial charge in [-0.1, -0.05) is 84.9 Å². The number of ether oxygens (including phenoxy) is 1. The number of carbonyl (C=O) groups is 3. The Morgan fingerprint density at radius 3 is 2.24 bits per heavy atom. The number of fused-ring (bicyclic) bond motifs is 3. The molecule has 1 heterocycles. The first kappa shape index (κ1) is 25.3. The minimum atomic E-state index is -1.06. The Bertz CT molecular complexity index is 1330. The summed E-state index contributed by atoms with van der Waals surface area (Å²) in [6.07, 6.45) is 1.34. The Morgan fingerprint density at radius 2 is 1.63 bits per heavy atom. The summed E-state index contributed by atoms with van der Waals surface area (Å²) in [7, 11) is 0. The summed E-state index contributed by atoms with van der Waals surface area (Å²) < 4.78 is 5.58. The summed E-state index contributed by atoms with van der Waals surface area (Å²) in [6, 6.07) is 24.9. The molecule has 38 heavy (non-hydrogen) atoms. The van der Waals surface area contributed by atoms with Gasteiger partial charge in [0.15, 0.2) is 0 Å². The van der Waals surface area contributed by atoms with Crippen LogP contribution in [-0.2, 0) is 20.7 Å². The van der Waals surface area contributed by atoms with Gasteiger partial charge in [0.1, 0.15) is 18.2 Å². The molecule has 2 atom stereocenters. The number of β-lactam (4-membered cyclic amide) rings is 1. The number of carbonyl (C=O) groups excluding carboxylic acids is 3. The van der Waals surface area contributed by atoms with E-state index in [4.69, 9.17) is 4.74 Å². The lowest BCUT2D eigenvalue weighted by atomic mass is 9.81. The molecular formula is C31H31N3O4. The highest BCUT2D eigenvalue weighted by atomic mass is 16.5. The van der Waals surface area contributed by atoms with E-state index < -0.39 is 23.6 Å². The van der Waals surface area contributed by atoms with Crippen molar-refractivity contribution in [2.45, 2.75) is 30.8 Å². The van der Waals surface area contributed by atoms with Crippen LogP contribution in [0.25, 0.3) is 11.1 Å². The third-order valence-corrected chi connectivity index (χ3v) is 7.29. The number of benzene rings is 3. The van der Waals surface area contributed by atoms with Crippen LogP contribution in [0.4, 0.5) is 4.79 Å². The number of hydrogen-bond donors (Lipinski definition) is 2. The molecule has 5 rings (SSSR count). The lowest BCUT2D eigenvalue weighted by Gasteiger charge is -2.49. The molecule has 1 aliphatic heterocycles. The normalized spacial score (nSPS) is 18.6. The Kier molecular flexibility index (Phi) is 7.01. The molecular weight excluding hydrogens is 478 g/mol. The van der Waals surface area contributed by atoms with Crippen LogP contribution in [0.1, 0.15) is 29.5 Å². The number of amides is 3. The van der Waals surface area contributed by atoms with Gasteiger partial charge in [0.25, 0.3) is 5.91 Å². The van der Waals surface area contributed by atoms with Gasteiger partial charge in [-0.2, -0.15) is 0 Å². The van der Waals surface area contributed by atoms with Crippen molar-refractivity contribution in [2.75, 3.05) is 19.7 Å². The van der Waals surface area contributed by atoms with E-state index in [-0.39, 0.29) is 18.4 Å². The summed E-state index contributed by atoms with van der Waals surface area (Å²) in [5, 5.41) is 5.53. The van der Waals surface area contributed by atoms with Crippen LogP contribution in [0.2, 0.25) is 0 Å². The van der Waals surface area contributed by atoms with Gasteiger partial charge in [0, 0.05) is 18.9 Å². The fourth-order valence-electron chi connectivity index (χ4n) is 5.42. The zero-order valence-corrected chi connectivity index (χ0v) is 21.4. The second kappa shape index (κ2) is 10.5. The molecule has 0 unspecified atom stereocenters. The number of nitrogens with zero attached hydrogens (tertiary/aromatic N) is 1. The van der Waals surface area contributed by atoms with E-state index in [1.165, 1.54) is 0 Å². The first-order valence-electron chi connectivity index (χ1n) is 12.8. The van der Waals surface area contributed by atoms with Gasteiger partial charge < -0.3 is 20.3 Å². The summed E-state index contributed by atoms with van der Waals surface area (Å²) in [5.41, 5.74) is 4.40. The molecule has 1 saturated heterocycles. The second-order valence-electron chi connectivity index (χ2n) is 9.90. The summed E-state index contributed by atoms with van der Waals surface area (Å²) in [5.74, 6) is -0.682. The first-order chi connectivity index (χ1) is 18.4. The van der Waals surface area contributed by atoms with Gasteiger partial charge in [-0.3, -0.25) is 9.59 Å². The van der Waals surface area contributed by atoms with E-state index in [0.717, 1.165) is 27.8 Å². The fraction of sp³-hybridized carbons (Fsp3) is 0.258.